The maximum Gasteiger partial charge on any atom is -0.0276 e. The highest BCUT2D eigenvalue weighted by atomic mass is 14.0. The van der Waals surface area contributed by atoms with Crippen molar-refractivity contribution >= 4 is 0 Å². The molecule has 1 aliphatic carbocycles. The fourth-order valence-electron chi connectivity index (χ4n) is 3.57. The second-order valence-corrected chi connectivity index (χ2v) is 8.21. The maximum absolute atomic E-state index is 3.38. The number of allylic oxidation sites excluding steroid dienone is 14. The summed E-state index contributed by atoms with van der Waals surface area (Å²) < 4.78 is 0. The lowest BCUT2D eigenvalue weighted by atomic mass is 10.0. The minimum Gasteiger partial charge on any atom is -0.0845 e. The van der Waals surface area contributed by atoms with Gasteiger partial charge in [0, 0.05) is 0 Å². The van der Waals surface area contributed by atoms with Crippen LogP contribution in [0.5, 0.6) is 0 Å². The number of hydrogen-bond donors (Lipinski definition) is 0. The van der Waals surface area contributed by atoms with Gasteiger partial charge in [0.2, 0.25) is 0 Å². The predicted octanol–water partition coefficient (Wildman–Crippen LogP) is 9.94. The first-order valence-electron chi connectivity index (χ1n) is 12.6. The summed E-state index contributed by atoms with van der Waals surface area (Å²) in [7, 11) is 0. The van der Waals surface area contributed by atoms with Crippen LogP contribution in [0, 0.1) is 6.08 Å². The third-order valence-electron chi connectivity index (χ3n) is 5.40. The van der Waals surface area contributed by atoms with E-state index in [1.54, 1.807) is 0 Å². The van der Waals surface area contributed by atoms with Gasteiger partial charge in [-0.25, -0.2) is 0 Å². The van der Waals surface area contributed by atoms with E-state index in [-0.39, 0.29) is 0 Å². The summed E-state index contributed by atoms with van der Waals surface area (Å²) in [6.07, 6.45) is 52.5. The average Bonchev–Trinajstić information content (AvgIpc) is 2.76. The van der Waals surface area contributed by atoms with Gasteiger partial charge in [-0.05, 0) is 31.8 Å². The van der Waals surface area contributed by atoms with Crippen LogP contribution < -0.4 is 0 Å². The second-order valence-electron chi connectivity index (χ2n) is 8.21. The van der Waals surface area contributed by atoms with Gasteiger partial charge in [0.05, 0.1) is 0 Å². The Hall–Kier alpha value is -1.82. The second kappa shape index (κ2) is 23.5. The lowest BCUT2D eigenvalue weighted by Gasteiger charge is -2.03. The molecule has 1 rings (SSSR count). The smallest absolute Gasteiger partial charge is 0.0276 e. The molecule has 0 spiro atoms. The first-order chi connectivity index (χ1) is 15.0. The van der Waals surface area contributed by atoms with Crippen LogP contribution in [0.2, 0.25) is 0 Å². The van der Waals surface area contributed by atoms with Gasteiger partial charge in [0.1, 0.15) is 0 Å². The summed E-state index contributed by atoms with van der Waals surface area (Å²) in [5.41, 5.74) is 0. The van der Waals surface area contributed by atoms with Crippen molar-refractivity contribution in [3.63, 3.8) is 0 Å². The van der Waals surface area contributed by atoms with E-state index < -0.39 is 0 Å². The van der Waals surface area contributed by atoms with Crippen LogP contribution in [0.3, 0.4) is 0 Å². The molecule has 1 aliphatic rings. The van der Waals surface area contributed by atoms with E-state index in [0.717, 1.165) is 6.42 Å². The summed E-state index contributed by atoms with van der Waals surface area (Å²) in [6, 6.07) is 0. The van der Waals surface area contributed by atoms with E-state index >= 15 is 0 Å². The summed E-state index contributed by atoms with van der Waals surface area (Å²) >= 11 is 0. The molecule has 0 aliphatic heterocycles. The van der Waals surface area contributed by atoms with Gasteiger partial charge in [-0.2, -0.15) is 0 Å². The van der Waals surface area contributed by atoms with Gasteiger partial charge >= 0.3 is 0 Å². The lowest BCUT2D eigenvalue weighted by Crippen LogP contribution is -1.83. The normalized spacial score (nSPS) is 27.7. The SMILES string of the molecule is [C]1=C/C=C/C=C\C=C\C=C\C=C\C=C\CCCCCCCCCCCCCCCC/1. The van der Waals surface area contributed by atoms with E-state index in [0.29, 0.717) is 0 Å². The first-order valence-corrected chi connectivity index (χ1v) is 12.6. The minimum atomic E-state index is 1.08. The zero-order valence-electron chi connectivity index (χ0n) is 19.3. The quantitative estimate of drug-likeness (QED) is 0.376. The monoisotopic (exact) mass is 405 g/mol. The molecule has 0 heterocycles. The molecular weight excluding hydrogens is 360 g/mol. The van der Waals surface area contributed by atoms with Crippen molar-refractivity contribution in [1.29, 1.82) is 0 Å². The molecule has 0 amide bonds. The van der Waals surface area contributed by atoms with Gasteiger partial charge < -0.3 is 0 Å². The number of rotatable bonds is 0. The maximum atomic E-state index is 3.38. The Balaban J connectivity index is 2.29. The minimum absolute atomic E-state index is 1.08. The molecule has 0 saturated heterocycles. The topological polar surface area (TPSA) is 0 Å². The molecule has 0 aromatic carbocycles. The van der Waals surface area contributed by atoms with Crippen LogP contribution in [0.15, 0.2) is 79.0 Å². The zero-order chi connectivity index (χ0) is 21.2. The van der Waals surface area contributed by atoms with Crippen LogP contribution in [-0.2, 0) is 0 Å². The highest BCUT2D eigenvalue weighted by molar-refractivity contribution is 5.20. The first kappa shape index (κ1) is 26.2. The molecule has 0 bridgehead atoms. The van der Waals surface area contributed by atoms with Crippen LogP contribution in [0.25, 0.3) is 0 Å². The van der Waals surface area contributed by atoms with E-state index in [4.69, 9.17) is 0 Å². The molecule has 30 heavy (non-hydrogen) atoms. The molecule has 0 heteroatoms. The highest BCUT2D eigenvalue weighted by Gasteiger charge is 1.94. The third kappa shape index (κ3) is 20.9. The Bertz CT molecular complexity index is 501. The van der Waals surface area contributed by atoms with Gasteiger partial charge in [0.15, 0.2) is 0 Å². The van der Waals surface area contributed by atoms with Crippen LogP contribution in [0.4, 0.5) is 0 Å². The van der Waals surface area contributed by atoms with E-state index in [9.17, 15) is 0 Å². The molecule has 1 radical (unpaired) electrons. The molecule has 0 N–H and O–H groups in total. The largest absolute Gasteiger partial charge is 0.0845 e. The van der Waals surface area contributed by atoms with Gasteiger partial charge in [0.25, 0.3) is 0 Å². The summed E-state index contributed by atoms with van der Waals surface area (Å²) in [4.78, 5) is 0. The van der Waals surface area contributed by atoms with Crippen molar-refractivity contribution in [2.45, 2.75) is 103 Å². The molecule has 0 atom stereocenters. The summed E-state index contributed by atoms with van der Waals surface area (Å²) in [6.45, 7) is 0. The van der Waals surface area contributed by atoms with Crippen molar-refractivity contribution in [2.24, 2.45) is 0 Å². The Morgan fingerprint density at radius 2 is 0.700 bits per heavy atom. The van der Waals surface area contributed by atoms with Crippen molar-refractivity contribution in [2.75, 3.05) is 0 Å². The number of hydrogen-bond acceptors (Lipinski definition) is 0. The van der Waals surface area contributed by atoms with Crippen LogP contribution >= 0.6 is 0 Å². The van der Waals surface area contributed by atoms with Crippen molar-refractivity contribution < 1.29 is 0 Å². The molecule has 0 aromatic rings. The molecule has 0 nitrogen and oxygen atoms in total. The highest BCUT2D eigenvalue weighted by Crippen LogP contribution is 2.13. The van der Waals surface area contributed by atoms with Crippen molar-refractivity contribution in [3.8, 4) is 0 Å². The van der Waals surface area contributed by atoms with Gasteiger partial charge in [-0.1, -0.05) is 156 Å². The van der Waals surface area contributed by atoms with Crippen LogP contribution in [-0.4, -0.2) is 0 Å². The Labute approximate surface area is 187 Å². The lowest BCUT2D eigenvalue weighted by molar-refractivity contribution is 0.534. The standard InChI is InChI=1S/C30H45/c1-2-4-6-8-10-12-14-16-18-20-22-24-26-28-30-29-27-25-23-21-19-17-15-13-11-9-7-5-3-1/h1-13H,14,16-30H2/b3-1+,4-2+,7-5-,8-6+,11-9+,12-10+,15-13?. The fraction of sp³-hybridized carbons (Fsp3) is 0.533. The molecule has 0 fully saturated rings. The molecule has 0 aromatic heterocycles. The third-order valence-corrected chi connectivity index (χ3v) is 5.40. The Morgan fingerprint density at radius 1 is 0.333 bits per heavy atom. The molecule has 165 valence electrons. The molecule has 0 saturated carbocycles. The van der Waals surface area contributed by atoms with Crippen molar-refractivity contribution in [3.05, 3.63) is 85.1 Å². The Kier molecular flexibility index (Phi) is 20.5. The molecule has 0 unspecified atom stereocenters. The van der Waals surface area contributed by atoms with Gasteiger partial charge in [-0.3, -0.25) is 0 Å². The van der Waals surface area contributed by atoms with Crippen LogP contribution in [0.1, 0.15) is 103 Å². The predicted molar refractivity (Wildman–Crippen MR) is 137 cm³/mol. The van der Waals surface area contributed by atoms with E-state index in [1.165, 1.54) is 96.3 Å². The Morgan fingerprint density at radius 3 is 1.20 bits per heavy atom. The van der Waals surface area contributed by atoms with E-state index in [1.807, 2.05) is 6.08 Å². The summed E-state index contributed by atoms with van der Waals surface area (Å²) in [5.74, 6) is 0. The summed E-state index contributed by atoms with van der Waals surface area (Å²) in [5, 5.41) is 0. The zero-order valence-corrected chi connectivity index (χ0v) is 19.3. The van der Waals surface area contributed by atoms with Gasteiger partial charge in [-0.15, -0.1) is 0 Å². The van der Waals surface area contributed by atoms with E-state index in [2.05, 4.69) is 79.0 Å². The average molecular weight is 406 g/mol. The molecular formula is C30H45. The van der Waals surface area contributed by atoms with Crippen molar-refractivity contribution in [1.82, 2.24) is 0 Å². The fourth-order valence-corrected chi connectivity index (χ4v) is 3.57.